The number of hydrogen-bond acceptors (Lipinski definition) is 23. The summed E-state index contributed by atoms with van der Waals surface area (Å²) >= 11 is 0. The van der Waals surface area contributed by atoms with Crippen molar-refractivity contribution in [2.24, 2.45) is 34.4 Å². The number of carbonyl (C=O) groups excluding carboxylic acids is 12. The topological polar surface area (TPSA) is 514 Å². The van der Waals surface area contributed by atoms with Crippen LogP contribution in [0.1, 0.15) is 134 Å². The lowest BCUT2D eigenvalue weighted by Gasteiger charge is -2.22. The van der Waals surface area contributed by atoms with Gasteiger partial charge in [0.15, 0.2) is 0 Å². The number of rotatable bonds is 18. The van der Waals surface area contributed by atoms with Gasteiger partial charge in [-0.2, -0.15) is 54.0 Å². The molecule has 35 heteroatoms. The molecule has 0 radical (unpaired) electrons. The van der Waals surface area contributed by atoms with Crippen LogP contribution >= 0.6 is 54.0 Å². The largest absolute Gasteiger partial charge is 0.519 e. The lowest BCUT2D eigenvalue weighted by Crippen LogP contribution is -2.47. The number of methoxy groups -OCH3 is 2. The molecule has 4 atom stereocenters. The number of nitrogens with two attached hydrogens (primary N) is 6. The molecule has 0 aliphatic rings. The molecule has 0 heterocycles. The molecular formula is C42H88N10O21S4. The van der Waals surface area contributed by atoms with Gasteiger partial charge in [-0.05, 0) is 109 Å². The molecule has 8 amide bonds. The Hall–Kier alpha value is -5.72. The maximum atomic E-state index is 11.5. The van der Waals surface area contributed by atoms with Crippen molar-refractivity contribution in [1.82, 2.24) is 21.6 Å². The number of esters is 2. The van der Waals surface area contributed by atoms with Crippen LogP contribution in [0.15, 0.2) is 0 Å². The van der Waals surface area contributed by atoms with Crippen molar-refractivity contribution in [2.45, 2.75) is 181 Å². The van der Waals surface area contributed by atoms with Crippen LogP contribution in [-0.2, 0) is 71.5 Å². The van der Waals surface area contributed by atoms with Gasteiger partial charge < -0.3 is 78.2 Å². The predicted molar refractivity (Wildman–Crippen MR) is 295 cm³/mol. The zero-order valence-corrected chi connectivity index (χ0v) is 50.1. The van der Waals surface area contributed by atoms with E-state index in [0.717, 1.165) is 0 Å². The zero-order chi connectivity index (χ0) is 58.7. The van der Waals surface area contributed by atoms with E-state index in [1.807, 2.05) is 0 Å². The smallest absolute Gasteiger partial charge is 0.468 e. The summed E-state index contributed by atoms with van der Waals surface area (Å²) in [5, 5.41) is 21.2. The second kappa shape index (κ2) is 46.4. The van der Waals surface area contributed by atoms with Gasteiger partial charge in [0.1, 0.15) is 40.5 Å². The molecule has 0 aromatic carbocycles. The molecule has 0 saturated heterocycles. The van der Waals surface area contributed by atoms with Crippen molar-refractivity contribution in [1.29, 1.82) is 0 Å². The summed E-state index contributed by atoms with van der Waals surface area (Å²) in [5.74, 6) is -4.90. The standard InChI is InChI=1S/C11H20N2O5.C10H19N3O5.C10H18O5.C6H12N2O3.C5H11N3O3.4H2S/c1-11(2,3)18-10(16)13-7(9(15)17-4)5-6-8(12)14;1-10(2,3)18-9(16)12-6(8(15)13-17)4-5-7(11)14;1-9(2,3)14-7(11)13-8(12)15-10(4,5)6;1-11-6(10)4(7)2-3-5(8)9;6-3(5(10)8-11)1-2-4(7)9;;;;/h7H,5-6H2,1-4H3,(H2,12,14)(H,13,16);6,17H,4-5H2,1-3H3,(H2,11,14)(H,12,16)(H,13,15);1-6H3;4H,2-3,7H2,1H3,(H2,8,9);3,11H,1-2,6H2,(H2,7,9)(H,8,10);4*1H2/t7-;6-;;4-;3-;;;;/m00.00..../s1. The highest BCUT2D eigenvalue weighted by atomic mass is 32.1. The third-order valence-corrected chi connectivity index (χ3v) is 6.95. The lowest BCUT2D eigenvalue weighted by atomic mass is 10.1. The van der Waals surface area contributed by atoms with Gasteiger partial charge in [0, 0.05) is 25.7 Å². The number of alkyl carbamates (subject to hydrolysis) is 2. The van der Waals surface area contributed by atoms with Gasteiger partial charge >= 0.3 is 36.4 Å². The van der Waals surface area contributed by atoms with Crippen molar-refractivity contribution < 1.29 is 101 Å². The summed E-state index contributed by atoms with van der Waals surface area (Å²) in [4.78, 5) is 130. The average molecular weight is 1200 g/mol. The van der Waals surface area contributed by atoms with E-state index in [4.69, 9.17) is 63.8 Å². The molecular weight excluding hydrogens is 1110 g/mol. The minimum absolute atomic E-state index is 0. The van der Waals surface area contributed by atoms with Gasteiger partial charge in [-0.25, -0.2) is 34.9 Å². The Morgan fingerprint density at radius 3 is 0.961 bits per heavy atom. The molecule has 0 bridgehead atoms. The highest BCUT2D eigenvalue weighted by Gasteiger charge is 2.27. The molecule has 456 valence electrons. The van der Waals surface area contributed by atoms with Crippen LogP contribution in [0.25, 0.3) is 0 Å². The molecule has 0 aromatic rings. The molecule has 31 nitrogen and oxygen atoms in total. The van der Waals surface area contributed by atoms with Gasteiger partial charge in [-0.1, -0.05) is 0 Å². The van der Waals surface area contributed by atoms with Gasteiger partial charge in [0.2, 0.25) is 23.6 Å². The molecule has 0 rings (SSSR count). The first-order chi connectivity index (χ1) is 32.9. The Balaban J connectivity index is -0.000000107. The third-order valence-electron chi connectivity index (χ3n) is 6.95. The molecule has 0 unspecified atom stereocenters. The quantitative estimate of drug-likeness (QED) is 0.0285. The Labute approximate surface area is 476 Å². The normalized spacial score (nSPS) is 11.6. The molecule has 77 heavy (non-hydrogen) atoms. The van der Waals surface area contributed by atoms with Gasteiger partial charge in [-0.15, -0.1) is 0 Å². The number of hydroxylamine groups is 2. The second-order valence-electron chi connectivity index (χ2n) is 18.7. The van der Waals surface area contributed by atoms with E-state index in [9.17, 15) is 57.5 Å². The molecule has 18 N–H and O–H groups in total. The number of amides is 8. The minimum Gasteiger partial charge on any atom is -0.468 e. The van der Waals surface area contributed by atoms with Crippen LogP contribution < -0.4 is 56.0 Å². The molecule has 0 aliphatic heterocycles. The van der Waals surface area contributed by atoms with E-state index in [1.54, 1.807) is 83.1 Å². The van der Waals surface area contributed by atoms with Crippen LogP contribution in [0.3, 0.4) is 0 Å². The van der Waals surface area contributed by atoms with Crippen molar-refractivity contribution in [3.05, 3.63) is 0 Å². The summed E-state index contributed by atoms with van der Waals surface area (Å²) in [7, 11) is 2.43. The third kappa shape index (κ3) is 66.3. The fraction of sp³-hybridized carbons (Fsp3) is 0.714. The monoisotopic (exact) mass is 1200 g/mol. The number of carbonyl (C=O) groups is 12. The Morgan fingerprint density at radius 2 is 0.688 bits per heavy atom. The van der Waals surface area contributed by atoms with Crippen LogP contribution in [0.2, 0.25) is 0 Å². The first kappa shape index (κ1) is 90.8. The van der Waals surface area contributed by atoms with Crippen molar-refractivity contribution in [3.8, 4) is 0 Å². The van der Waals surface area contributed by atoms with Crippen LogP contribution in [-0.4, -0.2) is 143 Å². The van der Waals surface area contributed by atoms with Crippen LogP contribution in [0.5, 0.6) is 0 Å². The summed E-state index contributed by atoms with van der Waals surface area (Å²) in [6, 6.07) is -3.66. The van der Waals surface area contributed by atoms with Gasteiger partial charge in [0.05, 0.1) is 20.3 Å². The molecule has 0 spiro atoms. The Kier molecular flexibility index (Phi) is 54.7. The summed E-state index contributed by atoms with van der Waals surface area (Å²) in [6.45, 7) is 20.1. The fourth-order valence-electron chi connectivity index (χ4n) is 3.90. The highest BCUT2D eigenvalue weighted by Crippen LogP contribution is 2.12. The van der Waals surface area contributed by atoms with E-state index in [1.165, 1.54) is 25.2 Å². The Bertz CT molecular complexity index is 1690. The van der Waals surface area contributed by atoms with E-state index in [-0.39, 0.29) is 105 Å². The number of nitrogens with one attached hydrogen (secondary N) is 4. The maximum absolute atomic E-state index is 11.5. The molecule has 0 aliphatic carbocycles. The van der Waals surface area contributed by atoms with E-state index in [2.05, 4.69) is 24.8 Å². The molecule has 0 fully saturated rings. The second-order valence-corrected chi connectivity index (χ2v) is 18.7. The number of hydrogen-bond donors (Lipinski definition) is 12. The lowest BCUT2D eigenvalue weighted by molar-refractivity contribution is -0.144. The maximum Gasteiger partial charge on any atom is 0.519 e. The average Bonchev–Trinajstić information content (AvgIpc) is 3.21. The van der Waals surface area contributed by atoms with E-state index < -0.39 is 118 Å². The van der Waals surface area contributed by atoms with Gasteiger partial charge in [-0.3, -0.25) is 44.0 Å². The van der Waals surface area contributed by atoms with Crippen molar-refractivity contribution in [2.75, 3.05) is 14.2 Å². The summed E-state index contributed by atoms with van der Waals surface area (Å²) < 4.78 is 32.6. The predicted octanol–water partition coefficient (Wildman–Crippen LogP) is 0.130. The van der Waals surface area contributed by atoms with Crippen molar-refractivity contribution >= 4 is 126 Å². The zero-order valence-electron chi connectivity index (χ0n) is 46.1. The van der Waals surface area contributed by atoms with Crippen LogP contribution in [0.4, 0.5) is 19.2 Å². The van der Waals surface area contributed by atoms with Crippen LogP contribution in [0, 0.1) is 0 Å². The van der Waals surface area contributed by atoms with E-state index >= 15 is 0 Å². The Morgan fingerprint density at radius 1 is 0.416 bits per heavy atom. The first-order valence-electron chi connectivity index (χ1n) is 21.8. The summed E-state index contributed by atoms with van der Waals surface area (Å²) in [5.41, 5.74) is 30.0. The number of primary amides is 4. The summed E-state index contributed by atoms with van der Waals surface area (Å²) in [6.07, 6.45) is -3.25. The fourth-order valence-corrected chi connectivity index (χ4v) is 3.90. The first-order valence-corrected chi connectivity index (χ1v) is 21.8. The highest BCUT2D eigenvalue weighted by molar-refractivity contribution is 7.59. The molecule has 0 saturated carbocycles. The molecule has 0 aromatic heterocycles. The number of ether oxygens (including phenoxy) is 7. The minimum atomic E-state index is -1.09. The van der Waals surface area contributed by atoms with E-state index in [0.29, 0.717) is 0 Å². The van der Waals surface area contributed by atoms with Crippen molar-refractivity contribution in [3.63, 3.8) is 0 Å². The van der Waals surface area contributed by atoms with Gasteiger partial charge in [0.25, 0.3) is 11.8 Å². The SMILES string of the molecule is CC(C)(C)OC(=O)N[C@@H](CCC(N)=O)C(=O)NO.CC(C)(C)OC(=O)OC(=O)OC(C)(C)C.COC(=O)[C@@H](N)CCC(N)=O.COC(=O)[C@H](CCC(N)=O)NC(=O)OC(C)(C)C.NC(=O)CC[C@H](N)C(=O)NO.S.S.S.S.